The van der Waals surface area contributed by atoms with Crippen molar-refractivity contribution in [3.8, 4) is 0 Å². The Morgan fingerprint density at radius 2 is 2.10 bits per heavy atom. The maximum atomic E-state index is 12.2. The number of nitrogens with zero attached hydrogens (tertiary/aromatic N) is 3. The number of sulfonamides is 1. The maximum Gasteiger partial charge on any atom is 0.240 e. The minimum Gasteiger partial charge on any atom is -0.370 e. The number of rotatable bonds is 7. The lowest BCUT2D eigenvalue weighted by Crippen LogP contribution is -2.26. The highest BCUT2D eigenvalue weighted by atomic mass is 32.2. The van der Waals surface area contributed by atoms with E-state index in [1.165, 1.54) is 18.3 Å². The molecule has 0 aliphatic rings. The number of aryl methyl sites for hydroxylation is 1. The van der Waals surface area contributed by atoms with Crippen LogP contribution in [-0.4, -0.2) is 36.3 Å². The monoisotopic (exact) mass is 309 g/mol. The van der Waals surface area contributed by atoms with E-state index in [4.69, 9.17) is 0 Å². The summed E-state index contributed by atoms with van der Waals surface area (Å²) in [5.74, 6) is 0.548. The summed E-state index contributed by atoms with van der Waals surface area (Å²) in [6, 6.07) is 4.87. The Bertz CT molecular complexity index is 696. The zero-order chi connectivity index (χ0) is 15.3. The molecule has 0 saturated carbocycles. The van der Waals surface area contributed by atoms with Gasteiger partial charge in [-0.05, 0) is 19.1 Å². The molecule has 2 N–H and O–H groups in total. The predicted molar refractivity (Wildman–Crippen MR) is 80.5 cm³/mol. The summed E-state index contributed by atoms with van der Waals surface area (Å²) in [4.78, 5) is 4.27. The summed E-state index contributed by atoms with van der Waals surface area (Å²) < 4.78 is 28.7. The van der Waals surface area contributed by atoms with Crippen molar-refractivity contribution in [3.05, 3.63) is 36.3 Å². The lowest BCUT2D eigenvalue weighted by molar-refractivity contribution is 0.579. The normalized spacial score (nSPS) is 11.5. The first-order valence-electron chi connectivity index (χ1n) is 6.69. The van der Waals surface area contributed by atoms with Crippen molar-refractivity contribution in [2.24, 2.45) is 7.05 Å². The summed E-state index contributed by atoms with van der Waals surface area (Å²) >= 11 is 0. The Morgan fingerprint density at radius 1 is 1.29 bits per heavy atom. The van der Waals surface area contributed by atoms with Crippen molar-refractivity contribution in [2.75, 3.05) is 18.4 Å². The molecule has 0 fully saturated rings. The first-order valence-corrected chi connectivity index (χ1v) is 8.17. The molecule has 0 aliphatic heterocycles. The van der Waals surface area contributed by atoms with Crippen molar-refractivity contribution in [2.45, 2.75) is 18.2 Å². The lowest BCUT2D eigenvalue weighted by Gasteiger charge is -2.08. The molecule has 0 amide bonds. The van der Waals surface area contributed by atoms with Crippen molar-refractivity contribution in [3.63, 3.8) is 0 Å². The second-order valence-electron chi connectivity index (χ2n) is 4.50. The van der Waals surface area contributed by atoms with Crippen LogP contribution in [0.25, 0.3) is 0 Å². The lowest BCUT2D eigenvalue weighted by atomic mass is 10.3. The molecule has 2 heterocycles. The third kappa shape index (κ3) is 4.02. The molecular weight excluding hydrogens is 290 g/mol. The van der Waals surface area contributed by atoms with Gasteiger partial charge in [-0.3, -0.25) is 4.68 Å². The van der Waals surface area contributed by atoms with Gasteiger partial charge in [0.15, 0.2) is 0 Å². The van der Waals surface area contributed by atoms with Gasteiger partial charge in [0.2, 0.25) is 10.0 Å². The standard InChI is InChI=1S/C13H19N5O2S/c1-3-14-13-10-12(6-7-15-13)21(19,20)17-9-5-11-4-8-16-18(11)2/h4,6-8,10,17H,3,5,9H2,1-2H3,(H,14,15). The van der Waals surface area contributed by atoms with Gasteiger partial charge in [-0.25, -0.2) is 18.1 Å². The van der Waals surface area contributed by atoms with Gasteiger partial charge >= 0.3 is 0 Å². The molecule has 0 spiro atoms. The van der Waals surface area contributed by atoms with E-state index in [-0.39, 0.29) is 4.90 Å². The van der Waals surface area contributed by atoms with Crippen molar-refractivity contribution < 1.29 is 8.42 Å². The van der Waals surface area contributed by atoms with Crippen LogP contribution in [0.2, 0.25) is 0 Å². The molecule has 0 atom stereocenters. The Kier molecular flexibility index (Phi) is 4.92. The number of nitrogens with one attached hydrogen (secondary N) is 2. The summed E-state index contributed by atoms with van der Waals surface area (Å²) in [6.45, 7) is 2.93. The fourth-order valence-corrected chi connectivity index (χ4v) is 2.94. The second-order valence-corrected chi connectivity index (χ2v) is 6.27. The molecule has 0 aromatic carbocycles. The highest BCUT2D eigenvalue weighted by Crippen LogP contribution is 2.12. The first kappa shape index (κ1) is 15.5. The molecule has 0 radical (unpaired) electrons. The average molecular weight is 309 g/mol. The summed E-state index contributed by atoms with van der Waals surface area (Å²) in [5, 5.41) is 7.04. The van der Waals surface area contributed by atoms with Crippen LogP contribution < -0.4 is 10.0 Å². The van der Waals surface area contributed by atoms with Crippen LogP contribution in [-0.2, 0) is 23.5 Å². The average Bonchev–Trinajstić information content (AvgIpc) is 2.85. The summed E-state index contributed by atoms with van der Waals surface area (Å²) in [5.41, 5.74) is 0.973. The Balaban J connectivity index is 2.01. The van der Waals surface area contributed by atoms with E-state index in [0.29, 0.717) is 25.3 Å². The van der Waals surface area contributed by atoms with Crippen LogP contribution in [0, 0.1) is 0 Å². The number of hydrogen-bond acceptors (Lipinski definition) is 5. The zero-order valence-corrected chi connectivity index (χ0v) is 12.9. The molecule has 0 unspecified atom stereocenters. The second kappa shape index (κ2) is 6.68. The van der Waals surface area contributed by atoms with E-state index in [2.05, 4.69) is 20.1 Å². The molecule has 0 aliphatic carbocycles. The van der Waals surface area contributed by atoms with Gasteiger partial charge in [-0.1, -0.05) is 0 Å². The van der Waals surface area contributed by atoms with Crippen molar-refractivity contribution in [1.82, 2.24) is 19.5 Å². The third-order valence-corrected chi connectivity index (χ3v) is 4.45. The largest absolute Gasteiger partial charge is 0.370 e. The number of pyridine rings is 1. The van der Waals surface area contributed by atoms with E-state index in [1.807, 2.05) is 20.0 Å². The smallest absolute Gasteiger partial charge is 0.240 e. The Morgan fingerprint density at radius 3 is 2.76 bits per heavy atom. The minimum absolute atomic E-state index is 0.207. The van der Waals surface area contributed by atoms with E-state index >= 15 is 0 Å². The van der Waals surface area contributed by atoms with Crippen LogP contribution in [0.5, 0.6) is 0 Å². The molecule has 21 heavy (non-hydrogen) atoms. The van der Waals surface area contributed by atoms with Gasteiger partial charge in [0, 0.05) is 50.7 Å². The zero-order valence-electron chi connectivity index (χ0n) is 12.1. The number of hydrogen-bond donors (Lipinski definition) is 2. The van der Waals surface area contributed by atoms with Gasteiger partial charge in [-0.2, -0.15) is 5.10 Å². The van der Waals surface area contributed by atoms with Crippen LogP contribution in [0.15, 0.2) is 35.5 Å². The highest BCUT2D eigenvalue weighted by Gasteiger charge is 2.14. The summed E-state index contributed by atoms with van der Waals surface area (Å²) in [6.07, 6.45) is 3.75. The van der Waals surface area contributed by atoms with Crippen LogP contribution in [0.3, 0.4) is 0 Å². The van der Waals surface area contributed by atoms with Crippen molar-refractivity contribution in [1.29, 1.82) is 0 Å². The van der Waals surface area contributed by atoms with Crippen LogP contribution in [0.4, 0.5) is 5.82 Å². The van der Waals surface area contributed by atoms with Crippen molar-refractivity contribution >= 4 is 15.8 Å². The van der Waals surface area contributed by atoms with Crippen LogP contribution >= 0.6 is 0 Å². The maximum absolute atomic E-state index is 12.2. The van der Waals surface area contributed by atoms with Gasteiger partial charge in [0.1, 0.15) is 5.82 Å². The van der Waals surface area contributed by atoms with Gasteiger partial charge in [0.25, 0.3) is 0 Å². The van der Waals surface area contributed by atoms with E-state index in [1.54, 1.807) is 10.9 Å². The molecule has 2 aromatic rings. The SMILES string of the molecule is CCNc1cc(S(=O)(=O)NCCc2ccnn2C)ccn1. The summed E-state index contributed by atoms with van der Waals surface area (Å²) in [7, 11) is -1.70. The van der Waals surface area contributed by atoms with E-state index in [9.17, 15) is 8.42 Å². The highest BCUT2D eigenvalue weighted by molar-refractivity contribution is 7.89. The third-order valence-electron chi connectivity index (χ3n) is 3.00. The fraction of sp³-hybridized carbons (Fsp3) is 0.385. The van der Waals surface area contributed by atoms with Gasteiger partial charge in [-0.15, -0.1) is 0 Å². The molecule has 2 rings (SSSR count). The Labute approximate surface area is 124 Å². The molecule has 114 valence electrons. The molecule has 8 heteroatoms. The number of aromatic nitrogens is 3. The first-order chi connectivity index (χ1) is 10.0. The number of anilines is 1. The molecule has 2 aromatic heterocycles. The molecular formula is C13H19N5O2S. The molecule has 0 saturated heterocycles. The minimum atomic E-state index is -3.53. The Hall–Kier alpha value is -1.93. The topological polar surface area (TPSA) is 88.9 Å². The molecule has 7 nitrogen and oxygen atoms in total. The van der Waals surface area contributed by atoms with Gasteiger partial charge in [0.05, 0.1) is 4.90 Å². The quantitative estimate of drug-likeness (QED) is 0.788. The van der Waals surface area contributed by atoms with E-state index < -0.39 is 10.0 Å². The molecule has 0 bridgehead atoms. The van der Waals surface area contributed by atoms with Crippen LogP contribution in [0.1, 0.15) is 12.6 Å². The fourth-order valence-electron chi connectivity index (χ4n) is 1.90. The van der Waals surface area contributed by atoms with Gasteiger partial charge < -0.3 is 5.32 Å². The van der Waals surface area contributed by atoms with E-state index in [0.717, 1.165) is 5.69 Å². The predicted octanol–water partition coefficient (Wildman–Crippen LogP) is 0.768.